The van der Waals surface area contributed by atoms with E-state index in [4.69, 9.17) is 5.73 Å². The molecule has 0 aromatic rings. The first kappa shape index (κ1) is 14.6. The smallest absolute Gasteiger partial charge is 0.189 e. The van der Waals surface area contributed by atoms with E-state index >= 15 is 0 Å². The second-order valence-electron chi connectivity index (χ2n) is 6.57. The van der Waals surface area contributed by atoms with E-state index in [1.807, 2.05) is 0 Å². The normalized spacial score (nSPS) is 34.2. The molecular weight excluding hydrogens is 238 g/mol. The van der Waals surface area contributed by atoms with Crippen molar-refractivity contribution in [1.82, 2.24) is 5.32 Å². The number of nitrogens with one attached hydrogen (secondary N) is 1. The molecular formula is C15H29N3O. The van der Waals surface area contributed by atoms with Gasteiger partial charge in [-0.15, -0.1) is 0 Å². The van der Waals surface area contributed by atoms with Crippen molar-refractivity contribution >= 4 is 5.96 Å². The Bertz CT molecular complexity index is 313. The Morgan fingerprint density at radius 2 is 2.00 bits per heavy atom. The zero-order valence-electron chi connectivity index (χ0n) is 12.2. The van der Waals surface area contributed by atoms with E-state index in [9.17, 15) is 5.11 Å². The van der Waals surface area contributed by atoms with Gasteiger partial charge in [0.2, 0.25) is 0 Å². The molecule has 0 amide bonds. The van der Waals surface area contributed by atoms with Crippen LogP contribution in [-0.4, -0.2) is 29.3 Å². The first-order chi connectivity index (χ1) is 9.13. The molecule has 2 atom stereocenters. The van der Waals surface area contributed by atoms with Crippen LogP contribution in [0.25, 0.3) is 0 Å². The highest BCUT2D eigenvalue weighted by Crippen LogP contribution is 2.32. The maximum Gasteiger partial charge on any atom is 0.189 e. The van der Waals surface area contributed by atoms with Crippen LogP contribution in [0.3, 0.4) is 0 Å². The summed E-state index contributed by atoms with van der Waals surface area (Å²) in [6.45, 7) is 2.40. The Hall–Kier alpha value is -0.770. The number of hydrogen-bond donors (Lipinski definition) is 3. The molecule has 2 aliphatic carbocycles. The highest BCUT2D eigenvalue weighted by Gasteiger charge is 2.34. The van der Waals surface area contributed by atoms with E-state index in [1.54, 1.807) is 0 Å². The van der Waals surface area contributed by atoms with Crippen LogP contribution < -0.4 is 11.1 Å². The Morgan fingerprint density at radius 1 is 1.26 bits per heavy atom. The maximum absolute atomic E-state index is 9.74. The minimum atomic E-state index is -0.236. The van der Waals surface area contributed by atoms with Gasteiger partial charge in [-0.2, -0.15) is 0 Å². The molecule has 110 valence electrons. The zero-order chi connectivity index (χ0) is 13.7. The summed E-state index contributed by atoms with van der Waals surface area (Å²) >= 11 is 0. The van der Waals surface area contributed by atoms with Gasteiger partial charge in [-0.05, 0) is 31.6 Å². The van der Waals surface area contributed by atoms with Gasteiger partial charge in [-0.25, -0.2) is 0 Å². The average Bonchev–Trinajstić information content (AvgIpc) is 2.39. The molecule has 4 N–H and O–H groups in total. The molecule has 0 aromatic heterocycles. The van der Waals surface area contributed by atoms with Crippen molar-refractivity contribution in [3.63, 3.8) is 0 Å². The van der Waals surface area contributed by atoms with Crippen molar-refractivity contribution in [3.05, 3.63) is 0 Å². The van der Waals surface area contributed by atoms with Gasteiger partial charge in [-0.3, -0.25) is 4.99 Å². The van der Waals surface area contributed by atoms with E-state index in [-0.39, 0.29) is 12.1 Å². The number of hydrogen-bond acceptors (Lipinski definition) is 2. The Balaban J connectivity index is 1.94. The molecule has 0 spiro atoms. The fourth-order valence-corrected chi connectivity index (χ4v) is 3.67. The van der Waals surface area contributed by atoms with Gasteiger partial charge in [0.15, 0.2) is 5.96 Å². The molecule has 0 aliphatic heterocycles. The largest absolute Gasteiger partial charge is 0.394 e. The third-order valence-corrected chi connectivity index (χ3v) is 4.68. The molecule has 0 aromatic carbocycles. The van der Waals surface area contributed by atoms with Crippen LogP contribution in [0.2, 0.25) is 0 Å². The van der Waals surface area contributed by atoms with Crippen LogP contribution in [0.15, 0.2) is 4.99 Å². The average molecular weight is 267 g/mol. The zero-order valence-corrected chi connectivity index (χ0v) is 12.2. The molecule has 0 bridgehead atoms. The van der Waals surface area contributed by atoms with Crippen molar-refractivity contribution in [2.75, 3.05) is 6.61 Å². The van der Waals surface area contributed by atoms with Crippen molar-refractivity contribution in [2.24, 2.45) is 16.6 Å². The summed E-state index contributed by atoms with van der Waals surface area (Å²) in [5.41, 5.74) is 5.83. The Kier molecular flexibility index (Phi) is 5.08. The lowest BCUT2D eigenvalue weighted by Crippen LogP contribution is -2.56. The van der Waals surface area contributed by atoms with E-state index in [2.05, 4.69) is 17.2 Å². The van der Waals surface area contributed by atoms with Crippen LogP contribution in [0.5, 0.6) is 0 Å². The second-order valence-corrected chi connectivity index (χ2v) is 6.57. The number of guanidine groups is 1. The SMILES string of the molecule is CC1CCCC(CO)(NC(N)=NC2CCCCC2)C1. The molecule has 2 aliphatic rings. The van der Waals surface area contributed by atoms with Crippen LogP contribution in [-0.2, 0) is 0 Å². The fourth-order valence-electron chi connectivity index (χ4n) is 3.67. The van der Waals surface area contributed by atoms with Crippen molar-refractivity contribution < 1.29 is 5.11 Å². The molecule has 0 saturated heterocycles. The number of aliphatic hydroxyl groups is 1. The van der Waals surface area contributed by atoms with E-state index in [0.29, 0.717) is 17.9 Å². The van der Waals surface area contributed by atoms with Gasteiger partial charge in [0.1, 0.15) is 0 Å². The summed E-state index contributed by atoms with van der Waals surface area (Å²) in [5, 5.41) is 13.1. The summed E-state index contributed by atoms with van der Waals surface area (Å²) in [6, 6.07) is 0.387. The highest BCUT2D eigenvalue weighted by atomic mass is 16.3. The molecule has 2 unspecified atom stereocenters. The molecule has 4 heteroatoms. The molecule has 2 saturated carbocycles. The van der Waals surface area contributed by atoms with Crippen molar-refractivity contribution in [3.8, 4) is 0 Å². The van der Waals surface area contributed by atoms with Gasteiger partial charge < -0.3 is 16.2 Å². The minimum Gasteiger partial charge on any atom is -0.394 e. The molecule has 4 nitrogen and oxygen atoms in total. The van der Waals surface area contributed by atoms with Crippen LogP contribution in [0.1, 0.15) is 64.7 Å². The van der Waals surface area contributed by atoms with Gasteiger partial charge in [0.05, 0.1) is 18.2 Å². The maximum atomic E-state index is 9.74. The summed E-state index contributed by atoms with van der Waals surface area (Å²) in [5.74, 6) is 1.19. The molecule has 2 fully saturated rings. The van der Waals surface area contributed by atoms with Crippen LogP contribution in [0.4, 0.5) is 0 Å². The lowest BCUT2D eigenvalue weighted by atomic mass is 9.77. The number of nitrogens with two attached hydrogens (primary N) is 1. The predicted molar refractivity (Wildman–Crippen MR) is 79.1 cm³/mol. The quantitative estimate of drug-likeness (QED) is 0.542. The fraction of sp³-hybridized carbons (Fsp3) is 0.933. The lowest BCUT2D eigenvalue weighted by molar-refractivity contribution is 0.116. The highest BCUT2D eigenvalue weighted by molar-refractivity contribution is 5.79. The monoisotopic (exact) mass is 267 g/mol. The first-order valence-electron chi connectivity index (χ1n) is 7.86. The first-order valence-corrected chi connectivity index (χ1v) is 7.86. The topological polar surface area (TPSA) is 70.6 Å². The number of nitrogens with zero attached hydrogens (tertiary/aromatic N) is 1. The third kappa shape index (κ3) is 4.10. The molecule has 2 rings (SSSR count). The van der Waals surface area contributed by atoms with Crippen molar-refractivity contribution in [2.45, 2.75) is 76.3 Å². The molecule has 19 heavy (non-hydrogen) atoms. The summed E-state index contributed by atoms with van der Waals surface area (Å²) in [4.78, 5) is 4.62. The molecule has 0 radical (unpaired) electrons. The van der Waals surface area contributed by atoms with Gasteiger partial charge >= 0.3 is 0 Å². The van der Waals surface area contributed by atoms with E-state index in [1.165, 1.54) is 25.7 Å². The number of aliphatic hydroxyl groups excluding tert-OH is 1. The van der Waals surface area contributed by atoms with E-state index in [0.717, 1.165) is 32.1 Å². The lowest BCUT2D eigenvalue weighted by Gasteiger charge is -2.40. The Morgan fingerprint density at radius 3 is 2.63 bits per heavy atom. The second kappa shape index (κ2) is 6.60. The standard InChI is InChI=1S/C15H29N3O/c1-12-6-5-9-15(10-12,11-19)18-14(16)17-13-7-3-2-4-8-13/h12-13,19H,2-11H2,1H3,(H3,16,17,18). The van der Waals surface area contributed by atoms with Gasteiger partial charge in [0, 0.05) is 0 Å². The van der Waals surface area contributed by atoms with Crippen LogP contribution >= 0.6 is 0 Å². The van der Waals surface area contributed by atoms with Crippen LogP contribution in [0, 0.1) is 5.92 Å². The van der Waals surface area contributed by atoms with Gasteiger partial charge in [0.25, 0.3) is 0 Å². The van der Waals surface area contributed by atoms with E-state index < -0.39 is 0 Å². The summed E-state index contributed by atoms with van der Waals surface area (Å²) in [7, 11) is 0. The predicted octanol–water partition coefficient (Wildman–Crippen LogP) is 2.16. The minimum absolute atomic E-state index is 0.151. The summed E-state index contributed by atoms with van der Waals surface area (Å²) < 4.78 is 0. The Labute approximate surface area is 116 Å². The van der Waals surface area contributed by atoms with Gasteiger partial charge in [-0.1, -0.05) is 39.0 Å². The van der Waals surface area contributed by atoms with Crippen molar-refractivity contribution in [1.29, 1.82) is 0 Å². The number of aliphatic imine (C=N–C) groups is 1. The third-order valence-electron chi connectivity index (χ3n) is 4.68. The number of rotatable bonds is 3. The summed E-state index contributed by atoms with van der Waals surface area (Å²) in [6.07, 6.45) is 10.6. The molecule has 0 heterocycles.